The van der Waals surface area contributed by atoms with Crippen LogP contribution in [-0.2, 0) is 18.9 Å². The largest absolute Gasteiger partial charge is 0.416 e. The first-order valence-electron chi connectivity index (χ1n) is 13.0. The van der Waals surface area contributed by atoms with E-state index in [1.807, 2.05) is 39.0 Å². The topological polar surface area (TPSA) is 127 Å². The summed E-state index contributed by atoms with van der Waals surface area (Å²) in [5.41, 5.74) is 3.18. The van der Waals surface area contributed by atoms with E-state index in [0.29, 0.717) is 23.6 Å². The Morgan fingerprint density at radius 1 is 1.17 bits per heavy atom. The SMILES string of the molecule is Cn1cc(Nc2nccc(-c3ccc4c(c3)CCN(CC(F)(F)F)CC4NC(=O)c3nnc(C(C)(C)C)o3)n2)cn1. The van der Waals surface area contributed by atoms with E-state index in [4.69, 9.17) is 4.42 Å². The van der Waals surface area contributed by atoms with E-state index in [9.17, 15) is 18.0 Å². The van der Waals surface area contributed by atoms with Crippen LogP contribution < -0.4 is 10.6 Å². The van der Waals surface area contributed by atoms with Crippen LogP contribution in [0.2, 0.25) is 0 Å². The van der Waals surface area contributed by atoms with Gasteiger partial charge in [0.15, 0.2) is 0 Å². The van der Waals surface area contributed by atoms with E-state index in [1.54, 1.807) is 36.4 Å². The van der Waals surface area contributed by atoms with Crippen molar-refractivity contribution in [3.63, 3.8) is 0 Å². The number of nitrogens with zero attached hydrogens (tertiary/aromatic N) is 7. The molecule has 216 valence electrons. The smallest absolute Gasteiger partial charge is 0.401 e. The van der Waals surface area contributed by atoms with Crippen molar-refractivity contribution in [2.75, 3.05) is 25.0 Å². The lowest BCUT2D eigenvalue weighted by Crippen LogP contribution is -2.41. The number of aryl methyl sites for hydroxylation is 1. The zero-order valence-corrected chi connectivity index (χ0v) is 23.0. The number of amides is 1. The summed E-state index contributed by atoms with van der Waals surface area (Å²) in [4.78, 5) is 23.2. The van der Waals surface area contributed by atoms with Gasteiger partial charge in [-0.1, -0.05) is 32.9 Å². The van der Waals surface area contributed by atoms with E-state index < -0.39 is 30.1 Å². The molecule has 0 fully saturated rings. The van der Waals surface area contributed by atoms with E-state index in [-0.39, 0.29) is 24.9 Å². The zero-order valence-electron chi connectivity index (χ0n) is 23.0. The van der Waals surface area contributed by atoms with Crippen LogP contribution in [-0.4, -0.2) is 66.6 Å². The molecule has 0 radical (unpaired) electrons. The molecule has 0 saturated carbocycles. The highest BCUT2D eigenvalue weighted by Gasteiger charge is 2.35. The molecule has 5 rings (SSSR count). The molecule has 0 bridgehead atoms. The number of hydrogen-bond donors (Lipinski definition) is 2. The first-order chi connectivity index (χ1) is 19.3. The third-order valence-electron chi connectivity index (χ3n) is 6.54. The van der Waals surface area contributed by atoms with Crippen molar-refractivity contribution in [3.05, 3.63) is 65.8 Å². The highest BCUT2D eigenvalue weighted by molar-refractivity contribution is 5.89. The number of benzene rings is 1. The average molecular weight is 570 g/mol. The Bertz CT molecular complexity index is 1540. The highest BCUT2D eigenvalue weighted by Crippen LogP contribution is 2.31. The quantitative estimate of drug-likeness (QED) is 0.351. The minimum absolute atomic E-state index is 0.0372. The lowest BCUT2D eigenvalue weighted by atomic mass is 9.96. The second kappa shape index (κ2) is 10.9. The maximum Gasteiger partial charge on any atom is 0.401 e. The molecule has 1 unspecified atom stereocenters. The number of hydrogen-bond acceptors (Lipinski definition) is 9. The summed E-state index contributed by atoms with van der Waals surface area (Å²) >= 11 is 0. The van der Waals surface area contributed by atoms with Crippen LogP contribution >= 0.6 is 0 Å². The number of carbonyl (C=O) groups excluding carboxylic acids is 1. The van der Waals surface area contributed by atoms with E-state index >= 15 is 0 Å². The lowest BCUT2D eigenvalue weighted by molar-refractivity contribution is -0.146. The predicted octanol–water partition coefficient (Wildman–Crippen LogP) is 4.19. The molecule has 1 aliphatic rings. The molecule has 0 spiro atoms. The van der Waals surface area contributed by atoms with Crippen molar-refractivity contribution in [3.8, 4) is 11.3 Å². The number of rotatable bonds is 6. The molecular formula is C27H30F3N9O2. The van der Waals surface area contributed by atoms with Gasteiger partial charge in [-0.05, 0) is 29.7 Å². The Kier molecular flexibility index (Phi) is 7.51. The fraction of sp³-hybridized carbons (Fsp3) is 0.407. The molecule has 0 saturated heterocycles. The minimum atomic E-state index is -4.39. The highest BCUT2D eigenvalue weighted by atomic mass is 19.4. The summed E-state index contributed by atoms with van der Waals surface area (Å²) in [5.74, 6) is -0.228. The van der Waals surface area contributed by atoms with Crippen molar-refractivity contribution in [2.24, 2.45) is 7.05 Å². The zero-order chi connectivity index (χ0) is 29.4. The van der Waals surface area contributed by atoms with E-state index in [0.717, 1.165) is 16.8 Å². The van der Waals surface area contributed by atoms with Gasteiger partial charge in [-0.3, -0.25) is 14.4 Å². The number of anilines is 2. The van der Waals surface area contributed by atoms with Gasteiger partial charge in [-0.2, -0.15) is 18.3 Å². The third kappa shape index (κ3) is 6.88. The normalized spacial score (nSPS) is 16.2. The fourth-order valence-corrected chi connectivity index (χ4v) is 4.60. The molecule has 1 atom stereocenters. The van der Waals surface area contributed by atoms with Crippen molar-refractivity contribution in [1.29, 1.82) is 0 Å². The molecule has 1 aromatic carbocycles. The molecular weight excluding hydrogens is 539 g/mol. The standard InChI is InChI=1S/C27H30F3N9O2/c1-26(2,3)24-37-36-23(41-24)22(40)34-21-14-39(15-27(28,29)30)10-8-16-11-17(5-6-19(16)21)20-7-9-31-25(35-20)33-18-12-32-38(4)13-18/h5-7,9,11-13,21H,8,10,14-15H2,1-4H3,(H,34,40)(H,31,33,35). The molecule has 4 heterocycles. The number of alkyl halides is 3. The summed E-state index contributed by atoms with van der Waals surface area (Å²) in [6.45, 7) is 4.63. The fourth-order valence-electron chi connectivity index (χ4n) is 4.60. The van der Waals surface area contributed by atoms with Gasteiger partial charge in [0, 0.05) is 43.5 Å². The van der Waals surface area contributed by atoms with Crippen molar-refractivity contribution < 1.29 is 22.4 Å². The molecule has 41 heavy (non-hydrogen) atoms. The third-order valence-corrected chi connectivity index (χ3v) is 6.54. The van der Waals surface area contributed by atoms with Crippen LogP contribution in [0.15, 0.2) is 47.3 Å². The first kappa shape index (κ1) is 28.2. The number of nitrogens with one attached hydrogen (secondary N) is 2. The maximum atomic E-state index is 13.4. The van der Waals surface area contributed by atoms with Gasteiger partial charge in [0.2, 0.25) is 11.8 Å². The number of fused-ring (bicyclic) bond motifs is 1. The Morgan fingerprint density at radius 2 is 1.98 bits per heavy atom. The molecule has 0 aliphatic carbocycles. The van der Waals surface area contributed by atoms with Gasteiger partial charge in [-0.25, -0.2) is 9.97 Å². The summed E-state index contributed by atoms with van der Waals surface area (Å²) in [7, 11) is 1.80. The number of carbonyl (C=O) groups is 1. The van der Waals surface area contributed by atoms with Crippen molar-refractivity contribution in [1.82, 2.24) is 40.2 Å². The second-order valence-corrected chi connectivity index (χ2v) is 11.0. The van der Waals surface area contributed by atoms with Crippen molar-refractivity contribution in [2.45, 2.75) is 44.8 Å². The molecule has 4 aromatic rings. The molecule has 2 N–H and O–H groups in total. The monoisotopic (exact) mass is 569 g/mol. The van der Waals surface area contributed by atoms with Gasteiger partial charge in [0.1, 0.15) is 0 Å². The predicted molar refractivity (Wildman–Crippen MR) is 143 cm³/mol. The summed E-state index contributed by atoms with van der Waals surface area (Å²) in [6.07, 6.45) is 1.03. The molecule has 14 heteroatoms. The van der Waals surface area contributed by atoms with Gasteiger partial charge >= 0.3 is 18.0 Å². The number of halogens is 3. The van der Waals surface area contributed by atoms with Crippen LogP contribution in [0, 0.1) is 0 Å². The summed E-state index contributed by atoms with van der Waals surface area (Å²) < 4.78 is 47.3. The van der Waals surface area contributed by atoms with Crippen LogP contribution in [0.3, 0.4) is 0 Å². The van der Waals surface area contributed by atoms with Gasteiger partial charge in [-0.15, -0.1) is 10.2 Å². The van der Waals surface area contributed by atoms with Crippen LogP contribution in [0.25, 0.3) is 11.3 Å². The van der Waals surface area contributed by atoms with Gasteiger partial charge in [0.05, 0.1) is 30.2 Å². The second-order valence-electron chi connectivity index (χ2n) is 11.0. The minimum Gasteiger partial charge on any atom is -0.416 e. The average Bonchev–Trinajstić information content (AvgIpc) is 3.52. The van der Waals surface area contributed by atoms with Crippen molar-refractivity contribution >= 4 is 17.5 Å². The van der Waals surface area contributed by atoms with Crippen LogP contribution in [0.1, 0.15) is 54.5 Å². The summed E-state index contributed by atoms with van der Waals surface area (Å²) in [5, 5.41) is 17.8. The summed E-state index contributed by atoms with van der Waals surface area (Å²) in [6, 6.07) is 6.56. The van der Waals surface area contributed by atoms with E-state index in [2.05, 4.69) is 35.9 Å². The Labute approximate surface area is 234 Å². The molecule has 11 nitrogen and oxygen atoms in total. The van der Waals surface area contributed by atoms with Crippen LogP contribution in [0.5, 0.6) is 0 Å². The maximum absolute atomic E-state index is 13.4. The van der Waals surface area contributed by atoms with Gasteiger partial charge < -0.3 is 15.1 Å². The molecule has 3 aromatic heterocycles. The first-order valence-corrected chi connectivity index (χ1v) is 13.0. The Morgan fingerprint density at radius 3 is 2.66 bits per heavy atom. The van der Waals surface area contributed by atoms with Gasteiger partial charge in [0.25, 0.3) is 0 Å². The Hall–Kier alpha value is -4.33. The van der Waals surface area contributed by atoms with E-state index in [1.165, 1.54) is 4.90 Å². The lowest BCUT2D eigenvalue weighted by Gasteiger charge is -2.26. The molecule has 1 aliphatic heterocycles. The van der Waals surface area contributed by atoms with Crippen LogP contribution in [0.4, 0.5) is 24.8 Å². The number of aromatic nitrogens is 6. The molecule has 1 amide bonds. The Balaban J connectivity index is 1.42.